The first-order valence-electron chi connectivity index (χ1n) is 11.4. The van der Waals surface area contributed by atoms with Crippen molar-refractivity contribution < 1.29 is 19.6 Å². The van der Waals surface area contributed by atoms with Crippen LogP contribution in [0.25, 0.3) is 11.3 Å². The Morgan fingerprint density at radius 1 is 0.943 bits per heavy atom. The number of hydrogen-bond donors (Lipinski definition) is 5. The Kier molecular flexibility index (Phi) is 10.2. The second kappa shape index (κ2) is 13.8. The van der Waals surface area contributed by atoms with Crippen LogP contribution in [0.4, 0.5) is 9.93 Å². The highest BCUT2D eigenvalue weighted by Crippen LogP contribution is 2.24. The maximum Gasteiger partial charge on any atom is 0.315 e. The fraction of sp³-hybridized carbons (Fsp3) is 0.280. The van der Waals surface area contributed by atoms with E-state index in [0.717, 1.165) is 16.8 Å². The van der Waals surface area contributed by atoms with Crippen LogP contribution in [0.3, 0.4) is 0 Å². The van der Waals surface area contributed by atoms with Crippen molar-refractivity contribution in [1.82, 2.24) is 21.1 Å². The molecule has 0 bridgehead atoms. The molecule has 9 nitrogen and oxygen atoms in total. The molecule has 0 aliphatic carbocycles. The van der Waals surface area contributed by atoms with Crippen LogP contribution in [-0.2, 0) is 16.1 Å². The highest BCUT2D eigenvalue weighted by atomic mass is 32.1. The Bertz CT molecular complexity index is 1090. The predicted molar refractivity (Wildman–Crippen MR) is 135 cm³/mol. The van der Waals surface area contributed by atoms with E-state index in [2.05, 4.69) is 20.9 Å². The van der Waals surface area contributed by atoms with Gasteiger partial charge in [-0.05, 0) is 18.4 Å². The maximum absolute atomic E-state index is 13.0. The molecule has 184 valence electrons. The molecule has 0 saturated heterocycles. The van der Waals surface area contributed by atoms with Gasteiger partial charge in [-0.2, -0.15) is 0 Å². The van der Waals surface area contributed by atoms with E-state index in [1.165, 1.54) is 11.3 Å². The molecule has 5 N–H and O–H groups in total. The van der Waals surface area contributed by atoms with Gasteiger partial charge in [-0.25, -0.2) is 15.3 Å². The zero-order valence-electron chi connectivity index (χ0n) is 19.2. The number of aromatic nitrogens is 1. The van der Waals surface area contributed by atoms with Gasteiger partial charge in [0.2, 0.25) is 11.8 Å². The van der Waals surface area contributed by atoms with Gasteiger partial charge in [-0.15, -0.1) is 11.3 Å². The first-order chi connectivity index (χ1) is 17.0. The lowest BCUT2D eigenvalue weighted by Crippen LogP contribution is -2.47. The highest BCUT2D eigenvalue weighted by Gasteiger charge is 2.22. The van der Waals surface area contributed by atoms with E-state index in [9.17, 15) is 14.4 Å². The van der Waals surface area contributed by atoms with Crippen LogP contribution in [0, 0.1) is 0 Å². The van der Waals surface area contributed by atoms with E-state index < -0.39 is 18.0 Å². The third-order valence-corrected chi connectivity index (χ3v) is 6.00. The fourth-order valence-electron chi connectivity index (χ4n) is 3.39. The van der Waals surface area contributed by atoms with E-state index in [4.69, 9.17) is 5.21 Å². The van der Waals surface area contributed by atoms with E-state index in [-0.39, 0.29) is 12.3 Å². The van der Waals surface area contributed by atoms with Gasteiger partial charge in [0.25, 0.3) is 0 Å². The minimum absolute atomic E-state index is 0.194. The fourth-order valence-corrected chi connectivity index (χ4v) is 4.11. The van der Waals surface area contributed by atoms with Crippen LogP contribution in [0.5, 0.6) is 0 Å². The number of carbonyl (C=O) groups excluding carboxylic acids is 3. The summed E-state index contributed by atoms with van der Waals surface area (Å²) in [5.74, 6) is -0.808. The topological polar surface area (TPSA) is 132 Å². The SMILES string of the molecule is O=C(CCCCC[C@H](NC(=O)NCc1ccccc1)C(=O)Nc1nc(-c2ccccc2)cs1)NO. The molecule has 3 rings (SSSR count). The molecule has 35 heavy (non-hydrogen) atoms. The number of hydrogen-bond acceptors (Lipinski definition) is 6. The van der Waals surface area contributed by atoms with E-state index in [0.29, 0.717) is 37.4 Å². The minimum atomic E-state index is -0.776. The van der Waals surface area contributed by atoms with Gasteiger partial charge in [-0.1, -0.05) is 73.5 Å². The van der Waals surface area contributed by atoms with Crippen molar-refractivity contribution in [1.29, 1.82) is 0 Å². The van der Waals surface area contributed by atoms with Crippen molar-refractivity contribution in [3.63, 3.8) is 0 Å². The lowest BCUT2D eigenvalue weighted by molar-refractivity contribution is -0.129. The Balaban J connectivity index is 1.57. The third kappa shape index (κ3) is 8.84. The summed E-state index contributed by atoms with van der Waals surface area (Å²) in [6.07, 6.45) is 2.43. The van der Waals surface area contributed by atoms with Gasteiger partial charge >= 0.3 is 6.03 Å². The molecule has 1 aromatic heterocycles. The van der Waals surface area contributed by atoms with Crippen LogP contribution < -0.4 is 21.4 Å². The molecular formula is C25H29N5O4S. The number of unbranched alkanes of at least 4 members (excludes halogenated alkanes) is 2. The summed E-state index contributed by atoms with van der Waals surface area (Å²) in [6, 6.07) is 17.9. The van der Waals surface area contributed by atoms with E-state index >= 15 is 0 Å². The number of anilines is 1. The highest BCUT2D eigenvalue weighted by molar-refractivity contribution is 7.14. The average molecular weight is 496 g/mol. The summed E-state index contributed by atoms with van der Waals surface area (Å²) >= 11 is 1.31. The molecule has 3 aromatic rings. The number of hydroxylamine groups is 1. The van der Waals surface area contributed by atoms with Crippen LogP contribution in [0.1, 0.15) is 37.7 Å². The zero-order chi connectivity index (χ0) is 24.9. The maximum atomic E-state index is 13.0. The molecule has 0 unspecified atom stereocenters. The molecule has 4 amide bonds. The summed E-state index contributed by atoms with van der Waals surface area (Å²) in [7, 11) is 0. The van der Waals surface area contributed by atoms with Crippen LogP contribution in [0.2, 0.25) is 0 Å². The number of carbonyl (C=O) groups is 3. The largest absolute Gasteiger partial charge is 0.334 e. The lowest BCUT2D eigenvalue weighted by Gasteiger charge is -2.18. The number of rotatable bonds is 12. The Labute approximate surface area is 207 Å². The lowest BCUT2D eigenvalue weighted by atomic mass is 10.1. The average Bonchev–Trinajstić information content (AvgIpc) is 3.36. The third-order valence-electron chi connectivity index (χ3n) is 5.24. The van der Waals surface area contributed by atoms with E-state index in [1.54, 1.807) is 5.48 Å². The summed E-state index contributed by atoms with van der Waals surface area (Å²) in [5, 5.41) is 19.2. The van der Waals surface area contributed by atoms with Crippen molar-refractivity contribution in [2.24, 2.45) is 0 Å². The van der Waals surface area contributed by atoms with Crippen molar-refractivity contribution in [2.45, 2.75) is 44.7 Å². The van der Waals surface area contributed by atoms with Gasteiger partial charge in [0.15, 0.2) is 5.13 Å². The van der Waals surface area contributed by atoms with Gasteiger partial charge < -0.3 is 16.0 Å². The zero-order valence-corrected chi connectivity index (χ0v) is 20.0. The summed E-state index contributed by atoms with van der Waals surface area (Å²) in [4.78, 5) is 41.1. The summed E-state index contributed by atoms with van der Waals surface area (Å²) < 4.78 is 0. The van der Waals surface area contributed by atoms with Crippen molar-refractivity contribution in [3.8, 4) is 11.3 Å². The Hall–Kier alpha value is -3.76. The normalized spacial score (nSPS) is 11.3. The van der Waals surface area contributed by atoms with Gasteiger partial charge in [0.1, 0.15) is 6.04 Å². The van der Waals surface area contributed by atoms with Gasteiger partial charge in [0, 0.05) is 23.9 Å². The van der Waals surface area contributed by atoms with Crippen molar-refractivity contribution >= 4 is 34.3 Å². The molecule has 0 fully saturated rings. The summed E-state index contributed by atoms with van der Waals surface area (Å²) in [5.41, 5.74) is 4.26. The minimum Gasteiger partial charge on any atom is -0.334 e. The molecule has 10 heteroatoms. The smallest absolute Gasteiger partial charge is 0.315 e. The molecule has 0 aliphatic heterocycles. The van der Waals surface area contributed by atoms with Crippen LogP contribution in [-0.4, -0.2) is 34.1 Å². The molecule has 0 aliphatic rings. The van der Waals surface area contributed by atoms with Gasteiger partial charge in [0.05, 0.1) is 5.69 Å². The number of nitrogens with one attached hydrogen (secondary N) is 4. The number of amides is 4. The molecule has 0 radical (unpaired) electrons. The van der Waals surface area contributed by atoms with Crippen molar-refractivity contribution in [3.05, 3.63) is 71.6 Å². The first kappa shape index (κ1) is 25.9. The monoisotopic (exact) mass is 495 g/mol. The van der Waals surface area contributed by atoms with Gasteiger partial charge in [-0.3, -0.25) is 14.8 Å². The Morgan fingerprint density at radius 2 is 1.66 bits per heavy atom. The first-order valence-corrected chi connectivity index (χ1v) is 12.3. The standard InChI is InChI=1S/C25H29N5O4S/c31-22(30-34)15-9-3-8-14-20(27-24(33)26-16-18-10-4-1-5-11-18)23(32)29-25-28-21(17-35-25)19-12-6-2-7-13-19/h1-2,4-7,10-13,17,20,34H,3,8-9,14-16H2,(H,30,31)(H2,26,27,33)(H,28,29,32)/t20-/m0/s1. The number of benzene rings is 2. The van der Waals surface area contributed by atoms with Crippen LogP contribution >= 0.6 is 11.3 Å². The molecule has 1 atom stereocenters. The number of thiazole rings is 1. The second-order valence-electron chi connectivity index (χ2n) is 7.89. The molecular weight excluding hydrogens is 466 g/mol. The quantitative estimate of drug-likeness (QED) is 0.147. The number of urea groups is 1. The second-order valence-corrected chi connectivity index (χ2v) is 8.75. The van der Waals surface area contributed by atoms with Crippen LogP contribution in [0.15, 0.2) is 66.0 Å². The molecule has 0 saturated carbocycles. The number of nitrogens with zero attached hydrogens (tertiary/aromatic N) is 1. The predicted octanol–water partition coefficient (Wildman–Crippen LogP) is 4.07. The molecule has 1 heterocycles. The summed E-state index contributed by atoms with van der Waals surface area (Å²) in [6.45, 7) is 0.337. The molecule has 2 aromatic carbocycles. The van der Waals surface area contributed by atoms with E-state index in [1.807, 2.05) is 66.0 Å². The van der Waals surface area contributed by atoms with Crippen molar-refractivity contribution in [2.75, 3.05) is 5.32 Å². The Morgan fingerprint density at radius 3 is 2.37 bits per heavy atom. The molecule has 0 spiro atoms.